The molecule has 0 aromatic carbocycles. The van der Waals surface area contributed by atoms with E-state index in [2.05, 4.69) is 30.5 Å². The Morgan fingerprint density at radius 3 is 2.45 bits per heavy atom. The van der Waals surface area contributed by atoms with Crippen LogP contribution in [0.25, 0.3) is 0 Å². The molecule has 0 N–H and O–H groups in total. The molecule has 2 rings (SSSR count). The maximum atomic E-state index is 5.17. The number of hydrogen-bond acceptors (Lipinski definition) is 1. The van der Waals surface area contributed by atoms with E-state index in [1.807, 2.05) is 0 Å². The highest BCUT2D eigenvalue weighted by atomic mass is 16.6. The van der Waals surface area contributed by atoms with Gasteiger partial charge in [-0.25, -0.2) is 0 Å². The first-order valence-electron chi connectivity index (χ1n) is 4.01. The molecule has 2 heterocycles. The molecule has 1 atom stereocenters. The van der Waals surface area contributed by atoms with Crippen LogP contribution < -0.4 is 0 Å². The van der Waals surface area contributed by atoms with Crippen LogP contribution in [0.5, 0.6) is 0 Å². The first-order chi connectivity index (χ1) is 5.27. The molecule has 1 saturated heterocycles. The Hall–Kier alpha value is -0.760. The SMILES string of the molecule is Cc1ccc(C)n1CC1CO1. The molecule has 1 unspecified atom stereocenters. The Labute approximate surface area is 66.8 Å². The third-order valence-corrected chi connectivity index (χ3v) is 2.21. The minimum atomic E-state index is 0.486. The lowest BCUT2D eigenvalue weighted by molar-refractivity contribution is 0.380. The molecule has 2 heteroatoms. The van der Waals surface area contributed by atoms with Crippen molar-refractivity contribution in [1.29, 1.82) is 0 Å². The van der Waals surface area contributed by atoms with Gasteiger partial charge in [0.2, 0.25) is 0 Å². The third-order valence-electron chi connectivity index (χ3n) is 2.21. The summed E-state index contributed by atoms with van der Waals surface area (Å²) in [7, 11) is 0. The second kappa shape index (κ2) is 2.38. The Bertz CT molecular complexity index is 241. The van der Waals surface area contributed by atoms with Crippen LogP contribution in [0.15, 0.2) is 12.1 Å². The Morgan fingerprint density at radius 2 is 2.00 bits per heavy atom. The number of ether oxygens (including phenoxy) is 1. The van der Waals surface area contributed by atoms with Crippen molar-refractivity contribution >= 4 is 0 Å². The van der Waals surface area contributed by atoms with Gasteiger partial charge in [0, 0.05) is 11.4 Å². The van der Waals surface area contributed by atoms with E-state index in [1.165, 1.54) is 11.4 Å². The van der Waals surface area contributed by atoms with Crippen molar-refractivity contribution in [2.75, 3.05) is 6.61 Å². The van der Waals surface area contributed by atoms with Gasteiger partial charge in [-0.05, 0) is 26.0 Å². The summed E-state index contributed by atoms with van der Waals surface area (Å²) in [5.41, 5.74) is 2.66. The average molecular weight is 151 g/mol. The van der Waals surface area contributed by atoms with Crippen LogP contribution in [0.2, 0.25) is 0 Å². The molecule has 1 fully saturated rings. The normalized spacial score (nSPS) is 22.2. The molecule has 1 aromatic heterocycles. The van der Waals surface area contributed by atoms with E-state index in [-0.39, 0.29) is 0 Å². The van der Waals surface area contributed by atoms with Crippen molar-refractivity contribution in [2.24, 2.45) is 0 Å². The van der Waals surface area contributed by atoms with Gasteiger partial charge in [0.1, 0.15) is 0 Å². The molecule has 0 saturated carbocycles. The number of aromatic nitrogens is 1. The largest absolute Gasteiger partial charge is 0.371 e. The molecule has 1 aliphatic heterocycles. The van der Waals surface area contributed by atoms with Crippen molar-refractivity contribution in [2.45, 2.75) is 26.5 Å². The highest BCUT2D eigenvalue weighted by Crippen LogP contribution is 2.15. The third kappa shape index (κ3) is 1.31. The number of rotatable bonds is 2. The van der Waals surface area contributed by atoms with E-state index < -0.39 is 0 Å². The van der Waals surface area contributed by atoms with Crippen LogP contribution >= 0.6 is 0 Å². The minimum Gasteiger partial charge on any atom is -0.371 e. The van der Waals surface area contributed by atoms with Gasteiger partial charge < -0.3 is 9.30 Å². The summed E-state index contributed by atoms with van der Waals surface area (Å²) in [4.78, 5) is 0. The fourth-order valence-corrected chi connectivity index (χ4v) is 1.36. The van der Waals surface area contributed by atoms with Gasteiger partial charge in [0.25, 0.3) is 0 Å². The van der Waals surface area contributed by atoms with E-state index in [1.54, 1.807) is 0 Å². The van der Waals surface area contributed by atoms with Crippen LogP contribution in [-0.4, -0.2) is 17.3 Å². The summed E-state index contributed by atoms with van der Waals surface area (Å²) >= 11 is 0. The quantitative estimate of drug-likeness (QED) is 0.585. The molecule has 1 aromatic rings. The first-order valence-corrected chi connectivity index (χ1v) is 4.01. The number of hydrogen-bond donors (Lipinski definition) is 0. The van der Waals surface area contributed by atoms with Crippen molar-refractivity contribution < 1.29 is 4.74 Å². The van der Waals surface area contributed by atoms with E-state index in [9.17, 15) is 0 Å². The fraction of sp³-hybridized carbons (Fsp3) is 0.556. The van der Waals surface area contributed by atoms with E-state index in [0.717, 1.165) is 13.2 Å². The molecule has 2 nitrogen and oxygen atoms in total. The Morgan fingerprint density at radius 1 is 1.45 bits per heavy atom. The maximum absolute atomic E-state index is 5.17. The molecule has 11 heavy (non-hydrogen) atoms. The average Bonchev–Trinajstić information content (AvgIpc) is 2.73. The minimum absolute atomic E-state index is 0.486. The molecule has 0 amide bonds. The lowest BCUT2D eigenvalue weighted by Crippen LogP contribution is -2.06. The van der Waals surface area contributed by atoms with Gasteiger partial charge >= 0.3 is 0 Å². The Balaban J connectivity index is 2.19. The predicted octanol–water partition coefficient (Wildman–Crippen LogP) is 1.50. The zero-order valence-electron chi connectivity index (χ0n) is 7.00. The Kier molecular flexibility index (Phi) is 1.50. The summed E-state index contributed by atoms with van der Waals surface area (Å²) in [6, 6.07) is 4.30. The van der Waals surface area contributed by atoms with Gasteiger partial charge in [0.05, 0.1) is 19.3 Å². The second-order valence-electron chi connectivity index (χ2n) is 3.18. The number of epoxide rings is 1. The maximum Gasteiger partial charge on any atom is 0.0988 e. The van der Waals surface area contributed by atoms with Crippen LogP contribution in [0.4, 0.5) is 0 Å². The number of aryl methyl sites for hydroxylation is 2. The predicted molar refractivity (Wildman–Crippen MR) is 43.6 cm³/mol. The van der Waals surface area contributed by atoms with E-state index in [4.69, 9.17) is 4.74 Å². The number of nitrogens with zero attached hydrogens (tertiary/aromatic N) is 1. The van der Waals surface area contributed by atoms with Gasteiger partial charge in [-0.1, -0.05) is 0 Å². The summed E-state index contributed by atoms with van der Waals surface area (Å²) in [5, 5.41) is 0. The molecule has 60 valence electrons. The summed E-state index contributed by atoms with van der Waals surface area (Å²) in [6.45, 7) is 6.24. The standard InChI is InChI=1S/C9H13NO/c1-7-3-4-8(2)10(7)5-9-6-11-9/h3-4,9H,5-6H2,1-2H3. The summed E-state index contributed by atoms with van der Waals surface area (Å²) in [5.74, 6) is 0. The highest BCUT2D eigenvalue weighted by Gasteiger charge is 2.23. The molecule has 0 spiro atoms. The van der Waals surface area contributed by atoms with Crippen LogP contribution in [0.3, 0.4) is 0 Å². The zero-order valence-corrected chi connectivity index (χ0v) is 7.00. The van der Waals surface area contributed by atoms with Gasteiger partial charge in [0.15, 0.2) is 0 Å². The lowest BCUT2D eigenvalue weighted by atomic mass is 10.4. The van der Waals surface area contributed by atoms with E-state index >= 15 is 0 Å². The topological polar surface area (TPSA) is 17.5 Å². The monoisotopic (exact) mass is 151 g/mol. The molecule has 0 aliphatic carbocycles. The molecule has 0 radical (unpaired) electrons. The smallest absolute Gasteiger partial charge is 0.0988 e. The molecule has 1 aliphatic rings. The van der Waals surface area contributed by atoms with Crippen molar-refractivity contribution in [3.05, 3.63) is 23.5 Å². The molecular formula is C9H13NO. The van der Waals surface area contributed by atoms with Crippen molar-refractivity contribution in [3.8, 4) is 0 Å². The summed E-state index contributed by atoms with van der Waals surface area (Å²) in [6.07, 6.45) is 0.486. The van der Waals surface area contributed by atoms with Crippen molar-refractivity contribution in [1.82, 2.24) is 4.57 Å². The van der Waals surface area contributed by atoms with Crippen LogP contribution in [0, 0.1) is 13.8 Å². The van der Waals surface area contributed by atoms with Crippen LogP contribution in [-0.2, 0) is 11.3 Å². The lowest BCUT2D eigenvalue weighted by Gasteiger charge is -2.05. The van der Waals surface area contributed by atoms with E-state index in [0.29, 0.717) is 6.10 Å². The second-order valence-corrected chi connectivity index (χ2v) is 3.18. The van der Waals surface area contributed by atoms with Gasteiger partial charge in [-0.15, -0.1) is 0 Å². The summed E-state index contributed by atoms with van der Waals surface area (Å²) < 4.78 is 7.47. The van der Waals surface area contributed by atoms with Gasteiger partial charge in [-0.3, -0.25) is 0 Å². The van der Waals surface area contributed by atoms with Crippen molar-refractivity contribution in [3.63, 3.8) is 0 Å². The van der Waals surface area contributed by atoms with Gasteiger partial charge in [-0.2, -0.15) is 0 Å². The highest BCUT2D eigenvalue weighted by molar-refractivity contribution is 5.13. The first kappa shape index (κ1) is 6.92. The fourth-order valence-electron chi connectivity index (χ4n) is 1.36. The zero-order chi connectivity index (χ0) is 7.84. The molecular weight excluding hydrogens is 138 g/mol. The molecule has 0 bridgehead atoms. The van der Waals surface area contributed by atoms with Crippen LogP contribution in [0.1, 0.15) is 11.4 Å².